The Bertz CT molecular complexity index is 757. The Morgan fingerprint density at radius 2 is 1.31 bits per heavy atom. The molecule has 15 nitrogen and oxygen atoms in total. The summed E-state index contributed by atoms with van der Waals surface area (Å²) in [5.74, 6) is -7.16. The molecular formula is C17H28N6O9. The molecule has 32 heavy (non-hydrogen) atoms. The van der Waals surface area contributed by atoms with E-state index in [4.69, 9.17) is 27.4 Å². The van der Waals surface area contributed by atoms with Gasteiger partial charge in [-0.05, 0) is 19.8 Å². The van der Waals surface area contributed by atoms with Gasteiger partial charge in [-0.15, -0.1) is 0 Å². The van der Waals surface area contributed by atoms with Gasteiger partial charge in [0.2, 0.25) is 29.5 Å². The predicted molar refractivity (Wildman–Crippen MR) is 106 cm³/mol. The first kappa shape index (κ1) is 28.2. The van der Waals surface area contributed by atoms with Crippen LogP contribution in [-0.4, -0.2) is 75.9 Å². The van der Waals surface area contributed by atoms with E-state index in [9.17, 15) is 33.6 Å². The average Bonchev–Trinajstić information content (AvgIpc) is 2.67. The number of aliphatic carboxylic acids is 2. The van der Waals surface area contributed by atoms with E-state index in [0.717, 1.165) is 0 Å². The van der Waals surface area contributed by atoms with Crippen LogP contribution in [0.5, 0.6) is 0 Å². The summed E-state index contributed by atoms with van der Waals surface area (Å²) in [6.45, 7) is 1.21. The topological polar surface area (TPSA) is 274 Å². The van der Waals surface area contributed by atoms with Gasteiger partial charge in [0.25, 0.3) is 0 Å². The number of carbonyl (C=O) groups excluding carboxylic acids is 5. The summed E-state index contributed by atoms with van der Waals surface area (Å²) in [6, 6.07) is -5.54. The predicted octanol–water partition coefficient (Wildman–Crippen LogP) is -4.12. The summed E-state index contributed by atoms with van der Waals surface area (Å²) in [5.41, 5.74) is 15.6. The van der Waals surface area contributed by atoms with Crippen LogP contribution in [0.25, 0.3) is 0 Å². The second-order valence-electron chi connectivity index (χ2n) is 6.91. The van der Waals surface area contributed by atoms with Crippen molar-refractivity contribution >= 4 is 41.5 Å². The zero-order valence-corrected chi connectivity index (χ0v) is 17.3. The number of carboxylic acid groups (broad SMARTS) is 2. The van der Waals surface area contributed by atoms with E-state index in [-0.39, 0.29) is 19.3 Å². The third-order valence-electron chi connectivity index (χ3n) is 4.09. The summed E-state index contributed by atoms with van der Waals surface area (Å²) in [7, 11) is 0. The molecule has 4 unspecified atom stereocenters. The van der Waals surface area contributed by atoms with E-state index < -0.39 is 78.5 Å². The number of carboxylic acids is 2. The van der Waals surface area contributed by atoms with Gasteiger partial charge in [-0.1, -0.05) is 0 Å². The number of rotatable bonds is 15. The number of hydrogen-bond acceptors (Lipinski definition) is 8. The van der Waals surface area contributed by atoms with Gasteiger partial charge >= 0.3 is 11.9 Å². The number of amides is 5. The van der Waals surface area contributed by atoms with Crippen molar-refractivity contribution in [3.8, 4) is 0 Å². The van der Waals surface area contributed by atoms with Gasteiger partial charge in [-0.25, -0.2) is 4.79 Å². The van der Waals surface area contributed by atoms with Crippen molar-refractivity contribution in [1.82, 2.24) is 16.0 Å². The fraction of sp³-hybridized carbons (Fsp3) is 0.588. The second kappa shape index (κ2) is 13.5. The Labute approximate surface area is 182 Å². The van der Waals surface area contributed by atoms with Gasteiger partial charge in [0.05, 0.1) is 12.5 Å². The molecule has 4 atom stereocenters. The van der Waals surface area contributed by atoms with Crippen LogP contribution in [0.1, 0.15) is 39.0 Å². The highest BCUT2D eigenvalue weighted by molar-refractivity contribution is 5.96. The van der Waals surface area contributed by atoms with Crippen molar-refractivity contribution in [2.24, 2.45) is 17.2 Å². The summed E-state index contributed by atoms with van der Waals surface area (Å²) >= 11 is 0. The van der Waals surface area contributed by atoms with E-state index in [1.165, 1.54) is 6.92 Å². The van der Waals surface area contributed by atoms with Crippen LogP contribution in [0.2, 0.25) is 0 Å². The van der Waals surface area contributed by atoms with Crippen LogP contribution >= 0.6 is 0 Å². The molecule has 0 spiro atoms. The van der Waals surface area contributed by atoms with Gasteiger partial charge < -0.3 is 43.4 Å². The first-order valence-corrected chi connectivity index (χ1v) is 9.42. The minimum absolute atomic E-state index is 0.229. The molecule has 0 aromatic rings. The zero-order valence-electron chi connectivity index (χ0n) is 17.3. The Hall–Kier alpha value is -3.75. The molecule has 0 aliphatic heterocycles. The first-order chi connectivity index (χ1) is 14.7. The molecule has 0 bridgehead atoms. The summed E-state index contributed by atoms with van der Waals surface area (Å²) in [5, 5.41) is 24.2. The molecule has 0 aliphatic carbocycles. The number of hydrogen-bond donors (Lipinski definition) is 8. The van der Waals surface area contributed by atoms with Gasteiger partial charge in [0.1, 0.15) is 18.1 Å². The Kier molecular flexibility index (Phi) is 11.9. The van der Waals surface area contributed by atoms with Crippen molar-refractivity contribution in [2.45, 2.75) is 63.2 Å². The monoisotopic (exact) mass is 460 g/mol. The Morgan fingerprint density at radius 1 is 0.750 bits per heavy atom. The molecule has 0 saturated heterocycles. The molecule has 180 valence electrons. The van der Waals surface area contributed by atoms with Crippen LogP contribution in [0.15, 0.2) is 0 Å². The van der Waals surface area contributed by atoms with Gasteiger partial charge in [-0.3, -0.25) is 28.8 Å². The Morgan fingerprint density at radius 3 is 1.78 bits per heavy atom. The summed E-state index contributed by atoms with van der Waals surface area (Å²) in [4.78, 5) is 80.5. The first-order valence-electron chi connectivity index (χ1n) is 9.42. The van der Waals surface area contributed by atoms with Gasteiger partial charge in [0, 0.05) is 12.8 Å². The maximum atomic E-state index is 12.4. The smallest absolute Gasteiger partial charge is 0.326 e. The number of nitrogens with two attached hydrogens (primary N) is 3. The van der Waals surface area contributed by atoms with E-state index in [1.54, 1.807) is 0 Å². The maximum Gasteiger partial charge on any atom is 0.326 e. The highest BCUT2D eigenvalue weighted by Crippen LogP contribution is 2.01. The van der Waals surface area contributed by atoms with E-state index >= 15 is 0 Å². The van der Waals surface area contributed by atoms with Crippen LogP contribution in [0.3, 0.4) is 0 Å². The number of carbonyl (C=O) groups is 7. The number of primary amides is 2. The lowest BCUT2D eigenvalue weighted by atomic mass is 10.1. The second-order valence-corrected chi connectivity index (χ2v) is 6.91. The van der Waals surface area contributed by atoms with Gasteiger partial charge in [0.15, 0.2) is 0 Å². The van der Waals surface area contributed by atoms with E-state index in [1.807, 2.05) is 0 Å². The molecule has 0 fully saturated rings. The standard InChI is InChI=1S/C17H28N6O9/c1-7(14(28)22-9(17(31)32)3-4-11(19)24)21-16(30)10(6-12(20)25)23-15(29)8(18)2-5-13(26)27/h7-10H,2-6,18H2,1H3,(H2,19,24)(H2,20,25)(H,21,30)(H,22,28)(H,23,29)(H,26,27)(H,31,32). The normalized spacial score (nSPS) is 14.2. The van der Waals surface area contributed by atoms with Crippen LogP contribution < -0.4 is 33.2 Å². The fourth-order valence-corrected chi connectivity index (χ4v) is 2.32. The quantitative estimate of drug-likeness (QED) is 0.117. The molecule has 11 N–H and O–H groups in total. The van der Waals surface area contributed by atoms with Crippen molar-refractivity contribution in [1.29, 1.82) is 0 Å². The van der Waals surface area contributed by atoms with Crippen molar-refractivity contribution in [3.05, 3.63) is 0 Å². The van der Waals surface area contributed by atoms with Crippen LogP contribution in [0.4, 0.5) is 0 Å². The largest absolute Gasteiger partial charge is 0.481 e. The Balaban J connectivity index is 5.07. The maximum absolute atomic E-state index is 12.4. The lowest BCUT2D eigenvalue weighted by Crippen LogP contribution is -2.57. The van der Waals surface area contributed by atoms with E-state index in [0.29, 0.717) is 0 Å². The molecule has 0 aliphatic rings. The van der Waals surface area contributed by atoms with Crippen LogP contribution in [0, 0.1) is 0 Å². The van der Waals surface area contributed by atoms with Crippen molar-refractivity contribution < 1.29 is 43.8 Å². The fourth-order valence-electron chi connectivity index (χ4n) is 2.32. The highest BCUT2D eigenvalue weighted by atomic mass is 16.4. The average molecular weight is 460 g/mol. The van der Waals surface area contributed by atoms with Crippen molar-refractivity contribution in [3.63, 3.8) is 0 Å². The molecule has 0 radical (unpaired) electrons. The lowest BCUT2D eigenvalue weighted by molar-refractivity contribution is -0.142. The zero-order chi connectivity index (χ0) is 25.0. The molecule has 5 amide bonds. The summed E-state index contributed by atoms with van der Waals surface area (Å²) in [6.07, 6.45) is -1.85. The van der Waals surface area contributed by atoms with Crippen molar-refractivity contribution in [2.75, 3.05) is 0 Å². The molecule has 0 rings (SSSR count). The molecule has 0 saturated carbocycles. The molecular weight excluding hydrogens is 432 g/mol. The molecule has 0 aromatic heterocycles. The minimum atomic E-state index is -1.52. The molecule has 0 heterocycles. The highest BCUT2D eigenvalue weighted by Gasteiger charge is 2.29. The number of nitrogens with one attached hydrogen (secondary N) is 3. The third kappa shape index (κ3) is 11.4. The minimum Gasteiger partial charge on any atom is -0.481 e. The summed E-state index contributed by atoms with van der Waals surface area (Å²) < 4.78 is 0. The molecule has 0 aromatic carbocycles. The van der Waals surface area contributed by atoms with Gasteiger partial charge in [-0.2, -0.15) is 0 Å². The van der Waals surface area contributed by atoms with E-state index in [2.05, 4.69) is 16.0 Å². The molecule has 15 heteroatoms. The van der Waals surface area contributed by atoms with Crippen LogP contribution in [-0.2, 0) is 33.6 Å². The lowest BCUT2D eigenvalue weighted by Gasteiger charge is -2.22. The SMILES string of the molecule is CC(NC(=O)C(CC(N)=O)NC(=O)C(N)CCC(=O)O)C(=O)NC(CCC(N)=O)C(=O)O. The third-order valence-corrected chi connectivity index (χ3v) is 4.09.